The van der Waals surface area contributed by atoms with Crippen molar-refractivity contribution >= 4 is 57.3 Å². The van der Waals surface area contributed by atoms with E-state index in [1.54, 1.807) is 6.08 Å². The Hall–Kier alpha value is -3.24. The molecule has 0 saturated carbocycles. The van der Waals surface area contributed by atoms with E-state index in [4.69, 9.17) is 5.11 Å². The number of hydrogen-bond acceptors (Lipinski definition) is 7. The number of carboxylic acids is 1. The van der Waals surface area contributed by atoms with Gasteiger partial charge >= 0.3 is 5.97 Å². The molecule has 0 spiro atoms. The number of carboxylic acid groups (broad SMARTS) is 1. The number of thioether (sulfide) groups is 1. The van der Waals surface area contributed by atoms with Crippen LogP contribution < -0.4 is 5.32 Å². The Morgan fingerprint density at radius 1 is 1.23 bits per heavy atom. The number of anilines is 1. The summed E-state index contributed by atoms with van der Waals surface area (Å²) in [7, 11) is 0. The van der Waals surface area contributed by atoms with Crippen LogP contribution in [0.2, 0.25) is 0 Å². The standard InChI is InChI=1S/C20H17N3O5S2/c1-12(7-13-5-3-2-4-6-13)8-15-18(27)23(20(28)30-15)10-16(24)22-19-21-14(11-29-19)9-17(25)26/h2-8,11H,9-10H2,1H3,(H,25,26)(H,21,22,24)/b12-7+,15-8-. The van der Waals surface area contributed by atoms with Crippen LogP contribution in [0.1, 0.15) is 18.2 Å². The van der Waals surface area contributed by atoms with E-state index in [0.29, 0.717) is 5.69 Å². The fraction of sp³-hybridized carbons (Fsp3) is 0.150. The fourth-order valence-electron chi connectivity index (χ4n) is 2.60. The highest BCUT2D eigenvalue weighted by Gasteiger charge is 2.36. The molecule has 1 saturated heterocycles. The van der Waals surface area contributed by atoms with Crippen molar-refractivity contribution in [2.45, 2.75) is 13.3 Å². The van der Waals surface area contributed by atoms with E-state index in [1.807, 2.05) is 43.3 Å². The lowest BCUT2D eigenvalue weighted by Gasteiger charge is -2.11. The van der Waals surface area contributed by atoms with Crippen LogP contribution in [0.5, 0.6) is 0 Å². The van der Waals surface area contributed by atoms with Gasteiger partial charge in [-0.15, -0.1) is 11.3 Å². The third kappa shape index (κ3) is 5.65. The van der Waals surface area contributed by atoms with Crippen molar-refractivity contribution in [1.82, 2.24) is 9.88 Å². The predicted molar refractivity (Wildman–Crippen MR) is 115 cm³/mol. The molecule has 1 fully saturated rings. The molecule has 2 N–H and O–H groups in total. The molecule has 3 amide bonds. The largest absolute Gasteiger partial charge is 0.481 e. The van der Waals surface area contributed by atoms with Crippen molar-refractivity contribution in [3.8, 4) is 0 Å². The first kappa shape index (κ1) is 21.5. The summed E-state index contributed by atoms with van der Waals surface area (Å²) in [5, 5.41) is 12.4. The molecule has 3 rings (SSSR count). The van der Waals surface area contributed by atoms with Crippen LogP contribution in [-0.2, 0) is 20.8 Å². The van der Waals surface area contributed by atoms with E-state index in [9.17, 15) is 19.2 Å². The maximum Gasteiger partial charge on any atom is 0.309 e. The third-order valence-electron chi connectivity index (χ3n) is 3.86. The molecule has 0 radical (unpaired) electrons. The summed E-state index contributed by atoms with van der Waals surface area (Å²) in [6.45, 7) is 1.38. The highest BCUT2D eigenvalue weighted by molar-refractivity contribution is 8.18. The summed E-state index contributed by atoms with van der Waals surface area (Å²) in [4.78, 5) is 52.8. The molecule has 2 heterocycles. The minimum Gasteiger partial charge on any atom is -0.481 e. The number of benzene rings is 1. The molecule has 30 heavy (non-hydrogen) atoms. The van der Waals surface area contributed by atoms with Crippen LogP contribution in [0, 0.1) is 0 Å². The van der Waals surface area contributed by atoms with E-state index in [-0.39, 0.29) is 16.5 Å². The zero-order valence-corrected chi connectivity index (χ0v) is 17.5. The van der Waals surface area contributed by atoms with Crippen LogP contribution >= 0.6 is 23.1 Å². The van der Waals surface area contributed by atoms with Gasteiger partial charge in [-0.05, 0) is 35.9 Å². The van der Waals surface area contributed by atoms with Gasteiger partial charge in [-0.1, -0.05) is 36.4 Å². The number of carbonyl (C=O) groups excluding carboxylic acids is 3. The van der Waals surface area contributed by atoms with Gasteiger partial charge in [-0.2, -0.15) is 0 Å². The minimum absolute atomic E-state index is 0.209. The van der Waals surface area contributed by atoms with Crippen LogP contribution in [-0.4, -0.2) is 44.6 Å². The van der Waals surface area contributed by atoms with E-state index in [2.05, 4.69) is 10.3 Å². The van der Waals surface area contributed by atoms with Crippen LogP contribution in [0.4, 0.5) is 9.93 Å². The molecule has 8 nitrogen and oxygen atoms in total. The van der Waals surface area contributed by atoms with Crippen molar-refractivity contribution < 1.29 is 24.3 Å². The van der Waals surface area contributed by atoms with Crippen molar-refractivity contribution in [3.63, 3.8) is 0 Å². The SMILES string of the molecule is CC(/C=C1\SC(=O)N(CC(=O)Nc2nc(CC(=O)O)cs2)C1=O)=C\c1ccccc1. The first-order valence-electron chi connectivity index (χ1n) is 8.76. The van der Waals surface area contributed by atoms with Gasteiger partial charge in [0.2, 0.25) is 5.91 Å². The number of imide groups is 1. The second-order valence-electron chi connectivity index (χ2n) is 6.33. The number of thiazole rings is 1. The van der Waals surface area contributed by atoms with Gasteiger partial charge in [-0.3, -0.25) is 24.1 Å². The van der Waals surface area contributed by atoms with E-state index < -0.39 is 29.6 Å². The molecular formula is C20H17N3O5S2. The van der Waals surface area contributed by atoms with Gasteiger partial charge in [0.1, 0.15) is 6.54 Å². The molecule has 1 aliphatic heterocycles. The third-order valence-corrected chi connectivity index (χ3v) is 5.57. The summed E-state index contributed by atoms with van der Waals surface area (Å²) in [6, 6.07) is 9.56. The molecule has 0 bridgehead atoms. The lowest BCUT2D eigenvalue weighted by Crippen LogP contribution is -2.36. The zero-order chi connectivity index (χ0) is 21.7. The zero-order valence-electron chi connectivity index (χ0n) is 15.8. The second-order valence-corrected chi connectivity index (χ2v) is 8.18. The Bertz CT molecular complexity index is 1060. The molecule has 10 heteroatoms. The molecule has 1 aromatic carbocycles. The summed E-state index contributed by atoms with van der Waals surface area (Å²) in [5.41, 5.74) is 2.08. The fourth-order valence-corrected chi connectivity index (χ4v) is 4.21. The Labute approximate surface area is 180 Å². The van der Waals surface area contributed by atoms with E-state index in [1.165, 1.54) is 5.38 Å². The molecule has 154 valence electrons. The van der Waals surface area contributed by atoms with Crippen molar-refractivity contribution in [2.75, 3.05) is 11.9 Å². The second kappa shape index (κ2) is 9.51. The number of allylic oxidation sites excluding steroid dienone is 2. The Morgan fingerprint density at radius 3 is 2.67 bits per heavy atom. The summed E-state index contributed by atoms with van der Waals surface area (Å²) in [6.07, 6.45) is 3.25. The average molecular weight is 444 g/mol. The van der Waals surface area contributed by atoms with Gasteiger partial charge in [0.25, 0.3) is 11.1 Å². The molecule has 0 unspecified atom stereocenters. The monoisotopic (exact) mass is 443 g/mol. The Kier molecular flexibility index (Phi) is 6.80. The molecular weight excluding hydrogens is 426 g/mol. The highest BCUT2D eigenvalue weighted by atomic mass is 32.2. The average Bonchev–Trinajstić information content (AvgIpc) is 3.21. The molecule has 2 aromatic rings. The lowest BCUT2D eigenvalue weighted by molar-refractivity contribution is -0.136. The molecule has 1 aromatic heterocycles. The predicted octanol–water partition coefficient (Wildman–Crippen LogP) is 3.39. The summed E-state index contributed by atoms with van der Waals surface area (Å²) >= 11 is 1.85. The lowest BCUT2D eigenvalue weighted by atomic mass is 10.1. The first-order valence-corrected chi connectivity index (χ1v) is 10.5. The highest BCUT2D eigenvalue weighted by Crippen LogP contribution is 2.31. The molecule has 0 atom stereocenters. The van der Waals surface area contributed by atoms with Gasteiger partial charge < -0.3 is 10.4 Å². The summed E-state index contributed by atoms with van der Waals surface area (Å²) < 4.78 is 0. The van der Waals surface area contributed by atoms with Crippen molar-refractivity contribution in [2.24, 2.45) is 0 Å². The van der Waals surface area contributed by atoms with Crippen molar-refractivity contribution in [1.29, 1.82) is 0 Å². The van der Waals surface area contributed by atoms with Crippen LogP contribution in [0.25, 0.3) is 6.08 Å². The van der Waals surface area contributed by atoms with E-state index in [0.717, 1.165) is 39.1 Å². The van der Waals surface area contributed by atoms with Crippen LogP contribution in [0.3, 0.4) is 0 Å². The van der Waals surface area contributed by atoms with Crippen LogP contribution in [0.15, 0.2) is 52.3 Å². The number of amides is 3. The maximum absolute atomic E-state index is 12.5. The van der Waals surface area contributed by atoms with Gasteiger partial charge in [0.05, 0.1) is 17.0 Å². The van der Waals surface area contributed by atoms with Gasteiger partial charge in [0, 0.05) is 5.38 Å². The number of aliphatic carboxylic acids is 1. The number of nitrogens with one attached hydrogen (secondary N) is 1. The van der Waals surface area contributed by atoms with E-state index >= 15 is 0 Å². The summed E-state index contributed by atoms with van der Waals surface area (Å²) in [5.74, 6) is -2.16. The number of aromatic nitrogens is 1. The minimum atomic E-state index is -1.03. The topological polar surface area (TPSA) is 117 Å². The number of rotatable bonds is 7. The quantitative estimate of drug-likeness (QED) is 0.630. The van der Waals surface area contributed by atoms with Gasteiger partial charge in [0.15, 0.2) is 5.13 Å². The molecule has 1 aliphatic rings. The maximum atomic E-state index is 12.5. The first-order chi connectivity index (χ1) is 14.3. The number of nitrogens with zero attached hydrogens (tertiary/aromatic N) is 2. The van der Waals surface area contributed by atoms with Crippen molar-refractivity contribution in [3.05, 3.63) is 63.5 Å². The number of carbonyl (C=O) groups is 4. The number of hydrogen-bond donors (Lipinski definition) is 2. The Balaban J connectivity index is 1.63. The van der Waals surface area contributed by atoms with Gasteiger partial charge in [-0.25, -0.2) is 4.98 Å². The molecule has 0 aliphatic carbocycles. The normalized spacial score (nSPS) is 15.7. The smallest absolute Gasteiger partial charge is 0.309 e. The Morgan fingerprint density at radius 2 is 1.97 bits per heavy atom.